The van der Waals surface area contributed by atoms with E-state index in [4.69, 9.17) is 10.5 Å². The van der Waals surface area contributed by atoms with Crippen LogP contribution in [-0.4, -0.2) is 27.3 Å². The first kappa shape index (κ1) is 14.9. The molecule has 4 rings (SSSR count). The van der Waals surface area contributed by atoms with Crippen LogP contribution in [0.3, 0.4) is 0 Å². The van der Waals surface area contributed by atoms with Crippen LogP contribution in [0.5, 0.6) is 5.75 Å². The van der Waals surface area contributed by atoms with Crippen LogP contribution >= 0.6 is 0 Å². The Kier molecular flexibility index (Phi) is 3.46. The second-order valence-electron chi connectivity index (χ2n) is 5.55. The number of ether oxygens (including phenoxy) is 1. The molecule has 7 heteroatoms. The number of nitrogens with two attached hydrogens (primary N) is 1. The van der Waals surface area contributed by atoms with Gasteiger partial charge in [0.25, 0.3) is 0 Å². The summed E-state index contributed by atoms with van der Waals surface area (Å²) >= 11 is 0. The highest BCUT2D eigenvalue weighted by atomic mass is 16.5. The molecule has 0 spiro atoms. The second kappa shape index (κ2) is 5.79. The molecule has 4 aromatic rings. The SMILES string of the molecule is COc1ccccc1-c1cc(-c2ccc3[nH]nc(N)c3c2)nc(=O)[nH]1. The first-order chi connectivity index (χ1) is 12.2. The number of anilines is 1. The van der Waals surface area contributed by atoms with E-state index < -0.39 is 5.69 Å². The zero-order chi connectivity index (χ0) is 17.4. The van der Waals surface area contributed by atoms with Crippen LogP contribution < -0.4 is 16.2 Å². The molecule has 4 N–H and O–H groups in total. The summed E-state index contributed by atoms with van der Waals surface area (Å²) in [6.07, 6.45) is 0. The Morgan fingerprint density at radius 3 is 2.80 bits per heavy atom. The molecule has 0 fully saturated rings. The summed E-state index contributed by atoms with van der Waals surface area (Å²) in [6, 6.07) is 14.9. The lowest BCUT2D eigenvalue weighted by atomic mass is 10.1. The van der Waals surface area contributed by atoms with Crippen molar-refractivity contribution in [3.63, 3.8) is 0 Å². The molecule has 0 radical (unpaired) electrons. The van der Waals surface area contributed by atoms with Gasteiger partial charge in [0.1, 0.15) is 5.75 Å². The molecule has 0 atom stereocenters. The summed E-state index contributed by atoms with van der Waals surface area (Å²) in [7, 11) is 1.59. The fraction of sp³-hybridized carbons (Fsp3) is 0.0556. The predicted molar refractivity (Wildman–Crippen MR) is 96.3 cm³/mol. The Hall–Kier alpha value is -3.61. The molecule has 25 heavy (non-hydrogen) atoms. The normalized spacial score (nSPS) is 10.9. The third-order valence-corrected chi connectivity index (χ3v) is 4.03. The van der Waals surface area contributed by atoms with Crippen LogP contribution in [-0.2, 0) is 0 Å². The summed E-state index contributed by atoms with van der Waals surface area (Å²) in [6.45, 7) is 0. The van der Waals surface area contributed by atoms with E-state index >= 15 is 0 Å². The van der Waals surface area contributed by atoms with Crippen LogP contribution in [0.2, 0.25) is 0 Å². The molecule has 0 saturated carbocycles. The molecule has 2 heterocycles. The Morgan fingerprint density at radius 2 is 1.96 bits per heavy atom. The van der Waals surface area contributed by atoms with Crippen LogP contribution in [0.15, 0.2) is 53.3 Å². The second-order valence-corrected chi connectivity index (χ2v) is 5.55. The van der Waals surface area contributed by atoms with Crippen molar-refractivity contribution < 1.29 is 4.74 Å². The van der Waals surface area contributed by atoms with Gasteiger partial charge in [-0.05, 0) is 30.3 Å². The maximum Gasteiger partial charge on any atom is 0.345 e. The molecule has 2 aromatic carbocycles. The van der Waals surface area contributed by atoms with Crippen molar-refractivity contribution in [3.8, 4) is 28.3 Å². The molecule has 0 unspecified atom stereocenters. The number of benzene rings is 2. The first-order valence-corrected chi connectivity index (χ1v) is 7.64. The van der Waals surface area contributed by atoms with Gasteiger partial charge in [0.2, 0.25) is 0 Å². The summed E-state index contributed by atoms with van der Waals surface area (Å²) in [4.78, 5) is 18.9. The molecular formula is C18H15N5O2. The number of rotatable bonds is 3. The van der Waals surface area contributed by atoms with Crippen molar-refractivity contribution in [2.75, 3.05) is 12.8 Å². The third kappa shape index (κ3) is 2.61. The van der Waals surface area contributed by atoms with E-state index in [1.54, 1.807) is 7.11 Å². The fourth-order valence-electron chi connectivity index (χ4n) is 2.81. The fourth-order valence-corrected chi connectivity index (χ4v) is 2.81. The largest absolute Gasteiger partial charge is 0.496 e. The zero-order valence-corrected chi connectivity index (χ0v) is 13.4. The quantitative estimate of drug-likeness (QED) is 0.534. The summed E-state index contributed by atoms with van der Waals surface area (Å²) in [5, 5.41) is 7.62. The van der Waals surface area contributed by atoms with Gasteiger partial charge >= 0.3 is 5.69 Å². The highest BCUT2D eigenvalue weighted by Crippen LogP contribution is 2.30. The number of H-pyrrole nitrogens is 2. The van der Waals surface area contributed by atoms with E-state index in [0.717, 1.165) is 22.0 Å². The standard InChI is InChI=1S/C18H15N5O2/c1-25-16-5-3-2-4-11(16)15-9-14(20-18(24)21-15)10-6-7-13-12(8-10)17(19)23-22-13/h2-9H,1H3,(H3,19,22,23)(H,20,21,24). The molecule has 0 saturated heterocycles. The first-order valence-electron chi connectivity index (χ1n) is 7.64. The van der Waals surface area contributed by atoms with Crippen molar-refractivity contribution in [1.82, 2.24) is 20.2 Å². The van der Waals surface area contributed by atoms with Gasteiger partial charge in [0, 0.05) is 16.5 Å². The van der Waals surface area contributed by atoms with Crippen molar-refractivity contribution in [2.24, 2.45) is 0 Å². The van der Waals surface area contributed by atoms with E-state index in [1.807, 2.05) is 48.5 Å². The Labute approximate surface area is 142 Å². The summed E-state index contributed by atoms with van der Waals surface area (Å²) in [5.74, 6) is 1.08. The minimum atomic E-state index is -0.432. The highest BCUT2D eigenvalue weighted by molar-refractivity contribution is 5.92. The molecule has 0 aliphatic rings. The minimum Gasteiger partial charge on any atom is -0.496 e. The zero-order valence-electron chi connectivity index (χ0n) is 13.4. The van der Waals surface area contributed by atoms with E-state index in [-0.39, 0.29) is 0 Å². The van der Waals surface area contributed by atoms with E-state index in [1.165, 1.54) is 0 Å². The van der Waals surface area contributed by atoms with Gasteiger partial charge in [-0.2, -0.15) is 10.1 Å². The monoisotopic (exact) mass is 333 g/mol. The van der Waals surface area contributed by atoms with Crippen molar-refractivity contribution in [1.29, 1.82) is 0 Å². The van der Waals surface area contributed by atoms with Gasteiger partial charge in [-0.25, -0.2) is 4.79 Å². The van der Waals surface area contributed by atoms with Gasteiger partial charge in [-0.15, -0.1) is 0 Å². The average Bonchev–Trinajstić information content (AvgIpc) is 3.01. The van der Waals surface area contributed by atoms with Gasteiger partial charge in [0.05, 0.1) is 24.0 Å². The number of aromatic nitrogens is 4. The molecular weight excluding hydrogens is 318 g/mol. The summed E-state index contributed by atoms with van der Waals surface area (Å²) in [5.41, 5.74) is 9.01. The molecule has 0 aliphatic carbocycles. The number of fused-ring (bicyclic) bond motifs is 1. The predicted octanol–water partition coefficient (Wildman–Crippen LogP) is 2.57. The third-order valence-electron chi connectivity index (χ3n) is 4.03. The number of hydrogen-bond acceptors (Lipinski definition) is 5. The van der Waals surface area contributed by atoms with Gasteiger partial charge in [-0.3, -0.25) is 5.10 Å². The number of aromatic amines is 2. The lowest BCUT2D eigenvalue weighted by molar-refractivity contribution is 0.416. The maximum atomic E-state index is 12.1. The Morgan fingerprint density at radius 1 is 1.12 bits per heavy atom. The van der Waals surface area contributed by atoms with E-state index in [2.05, 4.69) is 20.2 Å². The van der Waals surface area contributed by atoms with Gasteiger partial charge in [-0.1, -0.05) is 18.2 Å². The smallest absolute Gasteiger partial charge is 0.345 e. The van der Waals surface area contributed by atoms with Crippen molar-refractivity contribution >= 4 is 16.7 Å². The van der Waals surface area contributed by atoms with Gasteiger partial charge < -0.3 is 15.5 Å². The Balaban J connectivity index is 1.89. The lowest BCUT2D eigenvalue weighted by Gasteiger charge is -2.09. The number of nitrogens with zero attached hydrogens (tertiary/aromatic N) is 2. The lowest BCUT2D eigenvalue weighted by Crippen LogP contribution is -2.12. The molecule has 7 nitrogen and oxygen atoms in total. The van der Waals surface area contributed by atoms with Crippen LogP contribution in [0.4, 0.5) is 5.82 Å². The molecule has 2 aromatic heterocycles. The number of hydrogen-bond donors (Lipinski definition) is 3. The number of para-hydroxylation sites is 1. The van der Waals surface area contributed by atoms with E-state index in [9.17, 15) is 4.79 Å². The van der Waals surface area contributed by atoms with Crippen LogP contribution in [0.1, 0.15) is 0 Å². The van der Waals surface area contributed by atoms with Crippen molar-refractivity contribution in [3.05, 3.63) is 59.0 Å². The maximum absolute atomic E-state index is 12.1. The summed E-state index contributed by atoms with van der Waals surface area (Å²) < 4.78 is 5.38. The minimum absolute atomic E-state index is 0.409. The molecule has 124 valence electrons. The van der Waals surface area contributed by atoms with Gasteiger partial charge in [0.15, 0.2) is 5.82 Å². The van der Waals surface area contributed by atoms with Crippen molar-refractivity contribution in [2.45, 2.75) is 0 Å². The van der Waals surface area contributed by atoms with Crippen LogP contribution in [0.25, 0.3) is 33.4 Å². The molecule has 0 bridgehead atoms. The molecule has 0 amide bonds. The number of nitrogens with one attached hydrogen (secondary N) is 2. The van der Waals surface area contributed by atoms with Crippen LogP contribution in [0, 0.1) is 0 Å². The molecule has 0 aliphatic heterocycles. The Bertz CT molecular complexity index is 1130. The number of nitrogen functional groups attached to an aromatic ring is 1. The highest BCUT2D eigenvalue weighted by Gasteiger charge is 2.11. The van der Waals surface area contributed by atoms with E-state index in [0.29, 0.717) is 23.0 Å². The number of methoxy groups -OCH3 is 1. The topological polar surface area (TPSA) is 110 Å². The average molecular weight is 333 g/mol.